The van der Waals surface area contributed by atoms with E-state index in [9.17, 15) is 21.9 Å². The van der Waals surface area contributed by atoms with Crippen molar-refractivity contribution in [2.75, 3.05) is 0 Å². The predicted molar refractivity (Wildman–Crippen MR) is 38.5 cm³/mol. The summed E-state index contributed by atoms with van der Waals surface area (Å²) >= 11 is -2.77. The topological polar surface area (TPSA) is 40.1 Å². The van der Waals surface area contributed by atoms with Crippen molar-refractivity contribution in [3.05, 3.63) is 29.6 Å². The molecule has 0 aliphatic heterocycles. The maximum absolute atomic E-state index is 12.4. The van der Waals surface area contributed by atoms with Crippen LogP contribution < -0.4 is 0 Å². The van der Waals surface area contributed by atoms with E-state index in [1.807, 2.05) is 0 Å². The van der Waals surface area contributed by atoms with Gasteiger partial charge in [-0.3, -0.25) is 4.21 Å². The molecule has 0 radical (unpaired) electrons. The van der Waals surface area contributed by atoms with Gasteiger partial charge in [0.1, 0.15) is 5.82 Å². The van der Waals surface area contributed by atoms with Crippen molar-refractivity contribution < 1.29 is 21.9 Å². The molecule has 0 heterocycles. The second-order valence-electron chi connectivity index (χ2n) is 2.22. The third-order valence-electron chi connectivity index (χ3n) is 1.39. The fourth-order valence-electron chi connectivity index (χ4n) is 0.842. The number of benzene rings is 1. The highest BCUT2D eigenvalue weighted by molar-refractivity contribution is 7.79. The Morgan fingerprint density at radius 2 is 2.00 bits per heavy atom. The van der Waals surface area contributed by atoms with Gasteiger partial charge in [-0.25, -0.2) is 13.2 Å². The summed E-state index contributed by atoms with van der Waals surface area (Å²) < 4.78 is 57.5. The van der Waals surface area contributed by atoms with Gasteiger partial charge >= 0.3 is 0 Å². The van der Waals surface area contributed by atoms with Gasteiger partial charge in [-0.15, -0.1) is 0 Å². The zero-order valence-electron chi connectivity index (χ0n) is 6.17. The molecule has 2 nitrogen and oxygen atoms in total. The minimum atomic E-state index is -3.00. The molecule has 1 aromatic rings. The fourth-order valence-corrected chi connectivity index (χ4v) is 1.36. The zero-order chi connectivity index (χ0) is 10.0. The van der Waals surface area contributed by atoms with E-state index in [0.717, 1.165) is 12.1 Å². The molecular formula is C7H4F3O2S-. The molecule has 13 heavy (non-hydrogen) atoms. The van der Waals surface area contributed by atoms with E-state index in [0.29, 0.717) is 6.07 Å². The quantitative estimate of drug-likeness (QED) is 0.699. The maximum Gasteiger partial charge on any atom is 0.265 e. The summed E-state index contributed by atoms with van der Waals surface area (Å²) in [6.07, 6.45) is -3.00. The van der Waals surface area contributed by atoms with Gasteiger partial charge in [0.05, 0.1) is 0 Å². The van der Waals surface area contributed by atoms with Crippen molar-refractivity contribution in [3.8, 4) is 0 Å². The predicted octanol–water partition coefficient (Wildman–Crippen LogP) is 2.00. The van der Waals surface area contributed by atoms with Crippen LogP contribution in [-0.4, -0.2) is 8.76 Å². The monoisotopic (exact) mass is 209 g/mol. The molecule has 0 spiro atoms. The zero-order valence-corrected chi connectivity index (χ0v) is 6.98. The standard InChI is InChI=1S/C7H5F3O2S/c8-4-1-2-6(13(11)12)5(3-4)7(9)10/h1-3,7H,(H,11,12)/p-1. The molecule has 1 rings (SSSR count). The fraction of sp³-hybridized carbons (Fsp3) is 0.143. The van der Waals surface area contributed by atoms with Crippen LogP contribution in [0.3, 0.4) is 0 Å². The Balaban J connectivity index is 3.26. The molecular weight excluding hydrogens is 205 g/mol. The largest absolute Gasteiger partial charge is 0.768 e. The Bertz CT molecular complexity index is 341. The molecule has 6 heteroatoms. The van der Waals surface area contributed by atoms with Crippen LogP contribution in [0.25, 0.3) is 0 Å². The van der Waals surface area contributed by atoms with E-state index in [1.165, 1.54) is 0 Å². The lowest BCUT2D eigenvalue weighted by molar-refractivity contribution is 0.147. The molecule has 0 fully saturated rings. The molecule has 0 saturated carbocycles. The molecule has 1 atom stereocenters. The first-order valence-corrected chi connectivity index (χ1v) is 4.26. The van der Waals surface area contributed by atoms with Crippen molar-refractivity contribution >= 4 is 11.1 Å². The van der Waals surface area contributed by atoms with Gasteiger partial charge in [-0.1, -0.05) is 0 Å². The van der Waals surface area contributed by atoms with Gasteiger partial charge in [0.15, 0.2) is 0 Å². The van der Waals surface area contributed by atoms with Gasteiger partial charge in [0, 0.05) is 10.5 Å². The molecule has 0 amide bonds. The minimum absolute atomic E-state index is 0.510. The Morgan fingerprint density at radius 3 is 2.46 bits per heavy atom. The first kappa shape index (κ1) is 10.2. The number of hydrogen-bond donors (Lipinski definition) is 0. The smallest absolute Gasteiger partial charge is 0.265 e. The van der Waals surface area contributed by atoms with Crippen molar-refractivity contribution in [3.63, 3.8) is 0 Å². The number of alkyl halides is 2. The lowest BCUT2D eigenvalue weighted by atomic mass is 10.2. The Labute approximate surface area is 74.7 Å². The van der Waals surface area contributed by atoms with E-state index in [2.05, 4.69) is 0 Å². The van der Waals surface area contributed by atoms with Crippen LogP contribution in [0, 0.1) is 5.82 Å². The summed E-state index contributed by atoms with van der Waals surface area (Å²) in [5.74, 6) is -0.885. The highest BCUT2D eigenvalue weighted by Gasteiger charge is 2.14. The average molecular weight is 209 g/mol. The Kier molecular flexibility index (Phi) is 3.05. The van der Waals surface area contributed by atoms with Crippen LogP contribution in [-0.2, 0) is 11.1 Å². The van der Waals surface area contributed by atoms with Crippen LogP contribution in [0.5, 0.6) is 0 Å². The van der Waals surface area contributed by atoms with Gasteiger partial charge in [-0.05, 0) is 29.3 Å². The Hall–Kier alpha value is -0.880. The van der Waals surface area contributed by atoms with Crippen LogP contribution in [0.2, 0.25) is 0 Å². The summed E-state index contributed by atoms with van der Waals surface area (Å²) in [6, 6.07) is 2.13. The van der Waals surface area contributed by atoms with Crippen molar-refractivity contribution in [1.29, 1.82) is 0 Å². The number of halogens is 3. The molecule has 1 aromatic carbocycles. The second-order valence-corrected chi connectivity index (χ2v) is 3.13. The van der Waals surface area contributed by atoms with Crippen LogP contribution in [0.1, 0.15) is 12.0 Å². The molecule has 0 aromatic heterocycles. The van der Waals surface area contributed by atoms with Gasteiger partial charge in [0.2, 0.25) is 0 Å². The van der Waals surface area contributed by atoms with E-state index >= 15 is 0 Å². The molecule has 72 valence electrons. The first-order chi connectivity index (χ1) is 6.02. The lowest BCUT2D eigenvalue weighted by Gasteiger charge is -2.10. The SMILES string of the molecule is O=S([O-])c1ccc(F)cc1C(F)F. The van der Waals surface area contributed by atoms with E-state index in [-0.39, 0.29) is 0 Å². The highest BCUT2D eigenvalue weighted by atomic mass is 32.2. The summed E-state index contributed by atoms with van der Waals surface area (Å²) in [5.41, 5.74) is -0.812. The summed E-state index contributed by atoms with van der Waals surface area (Å²) in [6.45, 7) is 0. The summed E-state index contributed by atoms with van der Waals surface area (Å²) in [4.78, 5) is -0.573. The second kappa shape index (κ2) is 3.89. The third-order valence-corrected chi connectivity index (χ3v) is 2.12. The van der Waals surface area contributed by atoms with E-state index in [1.54, 1.807) is 0 Å². The van der Waals surface area contributed by atoms with Crippen molar-refractivity contribution in [2.45, 2.75) is 11.3 Å². The molecule has 0 saturated heterocycles. The van der Waals surface area contributed by atoms with Gasteiger partial charge in [0.25, 0.3) is 6.43 Å². The van der Waals surface area contributed by atoms with Crippen LogP contribution >= 0.6 is 0 Å². The Morgan fingerprint density at radius 1 is 1.38 bits per heavy atom. The van der Waals surface area contributed by atoms with Gasteiger partial charge < -0.3 is 4.55 Å². The number of rotatable bonds is 2. The van der Waals surface area contributed by atoms with Gasteiger partial charge in [-0.2, -0.15) is 0 Å². The van der Waals surface area contributed by atoms with Crippen LogP contribution in [0.4, 0.5) is 13.2 Å². The molecule has 0 N–H and O–H groups in total. The number of hydrogen-bond acceptors (Lipinski definition) is 2. The molecule has 0 bridgehead atoms. The summed E-state index contributed by atoms with van der Waals surface area (Å²) in [5, 5.41) is 0. The molecule has 0 aliphatic rings. The minimum Gasteiger partial charge on any atom is -0.768 e. The molecule has 0 aliphatic carbocycles. The van der Waals surface area contributed by atoms with E-state index in [4.69, 9.17) is 0 Å². The highest BCUT2D eigenvalue weighted by Crippen LogP contribution is 2.25. The normalized spacial score (nSPS) is 13.3. The van der Waals surface area contributed by atoms with Crippen LogP contribution in [0.15, 0.2) is 23.1 Å². The maximum atomic E-state index is 12.4. The first-order valence-electron chi connectivity index (χ1n) is 3.19. The van der Waals surface area contributed by atoms with Crippen molar-refractivity contribution in [1.82, 2.24) is 0 Å². The average Bonchev–Trinajstić information content (AvgIpc) is 2.03. The lowest BCUT2D eigenvalue weighted by Crippen LogP contribution is -1.98. The van der Waals surface area contributed by atoms with Crippen molar-refractivity contribution in [2.24, 2.45) is 0 Å². The summed E-state index contributed by atoms with van der Waals surface area (Å²) in [7, 11) is 0. The molecule has 1 unspecified atom stereocenters. The third kappa shape index (κ3) is 2.28. The van der Waals surface area contributed by atoms with E-state index < -0.39 is 33.8 Å².